The predicted molar refractivity (Wildman–Crippen MR) is 73.9 cm³/mol. The van der Waals surface area contributed by atoms with Gasteiger partial charge in [-0.3, -0.25) is 9.59 Å². The van der Waals surface area contributed by atoms with Crippen molar-refractivity contribution in [2.75, 3.05) is 7.05 Å². The van der Waals surface area contributed by atoms with Crippen LogP contribution < -0.4 is 5.43 Å². The van der Waals surface area contributed by atoms with Gasteiger partial charge in [-0.1, -0.05) is 0 Å². The number of aromatic amines is 1. The first-order chi connectivity index (χ1) is 9.91. The molecule has 1 N–H and O–H groups in total. The van der Waals surface area contributed by atoms with Gasteiger partial charge in [-0.2, -0.15) is 0 Å². The van der Waals surface area contributed by atoms with Crippen molar-refractivity contribution in [1.29, 1.82) is 0 Å². The van der Waals surface area contributed by atoms with Crippen LogP contribution in [0.15, 0.2) is 41.5 Å². The lowest BCUT2D eigenvalue weighted by Crippen LogP contribution is -2.33. The number of rotatable bonds is 3. The van der Waals surface area contributed by atoms with Gasteiger partial charge in [0.15, 0.2) is 5.43 Å². The first-order valence-corrected chi connectivity index (χ1v) is 6.31. The summed E-state index contributed by atoms with van der Waals surface area (Å²) in [7, 11) is 1.43. The number of hydrogen-bond donors (Lipinski definition) is 1. The third kappa shape index (κ3) is 2.99. The van der Waals surface area contributed by atoms with Crippen LogP contribution >= 0.6 is 0 Å². The lowest BCUT2D eigenvalue weighted by molar-refractivity contribution is 0.0738. The summed E-state index contributed by atoms with van der Waals surface area (Å²) in [4.78, 5) is 27.8. The SMILES string of the molecule is CC(c1cc(F)ccc1F)N(C)C(=O)c1c[nH]ccc1=O. The summed E-state index contributed by atoms with van der Waals surface area (Å²) in [5.74, 6) is -1.75. The highest BCUT2D eigenvalue weighted by Crippen LogP contribution is 2.23. The van der Waals surface area contributed by atoms with E-state index < -0.39 is 29.0 Å². The average molecular weight is 292 g/mol. The molecule has 0 fully saturated rings. The van der Waals surface area contributed by atoms with Gasteiger partial charge < -0.3 is 9.88 Å². The third-order valence-electron chi connectivity index (χ3n) is 3.36. The monoisotopic (exact) mass is 292 g/mol. The van der Waals surface area contributed by atoms with Crippen molar-refractivity contribution in [1.82, 2.24) is 9.88 Å². The number of aromatic nitrogens is 1. The maximum absolute atomic E-state index is 13.8. The van der Waals surface area contributed by atoms with Gasteiger partial charge in [0, 0.05) is 31.1 Å². The van der Waals surface area contributed by atoms with Gasteiger partial charge in [-0.25, -0.2) is 8.78 Å². The quantitative estimate of drug-likeness (QED) is 0.945. The van der Waals surface area contributed by atoms with Crippen LogP contribution in [0.25, 0.3) is 0 Å². The molecule has 6 heteroatoms. The number of carbonyl (C=O) groups excluding carboxylic acids is 1. The van der Waals surface area contributed by atoms with Gasteiger partial charge in [-0.05, 0) is 25.1 Å². The van der Waals surface area contributed by atoms with Crippen molar-refractivity contribution in [3.8, 4) is 0 Å². The summed E-state index contributed by atoms with van der Waals surface area (Å²) in [5, 5.41) is 0. The Hall–Kier alpha value is -2.50. The summed E-state index contributed by atoms with van der Waals surface area (Å²) in [6.45, 7) is 1.56. The molecule has 1 aromatic carbocycles. The molecule has 0 radical (unpaired) electrons. The maximum Gasteiger partial charge on any atom is 0.259 e. The van der Waals surface area contributed by atoms with Crippen LogP contribution in [-0.2, 0) is 0 Å². The first kappa shape index (κ1) is 14.9. The molecule has 21 heavy (non-hydrogen) atoms. The Morgan fingerprint density at radius 2 is 2.00 bits per heavy atom. The fraction of sp³-hybridized carbons (Fsp3) is 0.200. The molecule has 2 rings (SSSR count). The summed E-state index contributed by atoms with van der Waals surface area (Å²) in [6.07, 6.45) is 2.70. The zero-order chi connectivity index (χ0) is 15.6. The van der Waals surface area contributed by atoms with Gasteiger partial charge >= 0.3 is 0 Å². The number of benzene rings is 1. The average Bonchev–Trinajstić information content (AvgIpc) is 2.48. The number of halogens is 2. The van der Waals surface area contributed by atoms with Crippen LogP contribution in [0.4, 0.5) is 8.78 Å². The van der Waals surface area contributed by atoms with E-state index in [-0.39, 0.29) is 11.1 Å². The van der Waals surface area contributed by atoms with Crippen molar-refractivity contribution in [3.63, 3.8) is 0 Å². The molecule has 0 aliphatic rings. The van der Waals surface area contributed by atoms with Crippen LogP contribution in [0.3, 0.4) is 0 Å². The summed E-state index contributed by atoms with van der Waals surface area (Å²) >= 11 is 0. The second-order valence-electron chi connectivity index (χ2n) is 4.68. The molecule has 1 atom stereocenters. The van der Waals surface area contributed by atoms with Gasteiger partial charge in [0.1, 0.15) is 17.2 Å². The van der Waals surface area contributed by atoms with Crippen molar-refractivity contribution in [3.05, 3.63) is 69.6 Å². The molecule has 110 valence electrons. The van der Waals surface area contributed by atoms with E-state index in [4.69, 9.17) is 0 Å². The molecule has 0 aliphatic carbocycles. The molecular formula is C15H14F2N2O2. The molecule has 2 aromatic rings. The number of carbonyl (C=O) groups is 1. The molecule has 4 nitrogen and oxygen atoms in total. The fourth-order valence-corrected chi connectivity index (χ4v) is 1.99. The Morgan fingerprint density at radius 3 is 2.67 bits per heavy atom. The zero-order valence-electron chi connectivity index (χ0n) is 11.6. The van der Waals surface area contributed by atoms with Crippen molar-refractivity contribution >= 4 is 5.91 Å². The van der Waals surface area contributed by atoms with E-state index in [2.05, 4.69) is 4.98 Å². The number of hydrogen-bond acceptors (Lipinski definition) is 2. The summed E-state index contributed by atoms with van der Waals surface area (Å²) in [5.41, 5.74) is -0.431. The summed E-state index contributed by atoms with van der Waals surface area (Å²) in [6, 6.07) is 3.57. The first-order valence-electron chi connectivity index (χ1n) is 6.31. The van der Waals surface area contributed by atoms with Crippen molar-refractivity contribution < 1.29 is 13.6 Å². The largest absolute Gasteiger partial charge is 0.367 e. The van der Waals surface area contributed by atoms with E-state index in [9.17, 15) is 18.4 Å². The Bertz CT molecular complexity index is 728. The Balaban J connectivity index is 2.33. The van der Waals surface area contributed by atoms with E-state index >= 15 is 0 Å². The van der Waals surface area contributed by atoms with Crippen LogP contribution in [-0.4, -0.2) is 22.8 Å². The van der Waals surface area contributed by atoms with E-state index in [0.29, 0.717) is 0 Å². The molecule has 1 amide bonds. The second kappa shape index (κ2) is 5.87. The third-order valence-corrected chi connectivity index (χ3v) is 3.36. The molecule has 1 heterocycles. The molecule has 0 bridgehead atoms. The topological polar surface area (TPSA) is 53.2 Å². The fourth-order valence-electron chi connectivity index (χ4n) is 1.99. The second-order valence-corrected chi connectivity index (χ2v) is 4.68. The van der Waals surface area contributed by atoms with Gasteiger partial charge in [0.25, 0.3) is 5.91 Å². The number of nitrogens with zero attached hydrogens (tertiary/aromatic N) is 1. The highest BCUT2D eigenvalue weighted by Gasteiger charge is 2.23. The molecule has 0 spiro atoms. The minimum Gasteiger partial charge on any atom is -0.367 e. The van der Waals surface area contributed by atoms with Crippen LogP contribution in [0.1, 0.15) is 28.9 Å². The maximum atomic E-state index is 13.8. The summed E-state index contributed by atoms with van der Waals surface area (Å²) < 4.78 is 27.0. The number of amides is 1. The van der Waals surface area contributed by atoms with Gasteiger partial charge in [-0.15, -0.1) is 0 Å². The highest BCUT2D eigenvalue weighted by molar-refractivity contribution is 5.93. The van der Waals surface area contributed by atoms with E-state index in [1.165, 1.54) is 30.4 Å². The standard InChI is InChI=1S/C15H14F2N2O2/c1-9(11-7-10(16)3-4-13(11)17)19(2)15(21)12-8-18-6-5-14(12)20/h3-9H,1-2H3,(H,18,20). The number of nitrogens with one attached hydrogen (secondary N) is 1. The Morgan fingerprint density at radius 1 is 1.29 bits per heavy atom. The predicted octanol–water partition coefficient (Wildman–Crippen LogP) is 2.49. The van der Waals surface area contributed by atoms with Crippen molar-refractivity contribution in [2.24, 2.45) is 0 Å². The Kier molecular flexibility index (Phi) is 4.16. The molecule has 0 saturated carbocycles. The molecule has 1 aromatic heterocycles. The normalized spacial score (nSPS) is 12.0. The minimum atomic E-state index is -0.715. The van der Waals surface area contributed by atoms with E-state index in [0.717, 1.165) is 18.2 Å². The number of H-pyrrole nitrogens is 1. The smallest absolute Gasteiger partial charge is 0.259 e. The van der Waals surface area contributed by atoms with Crippen molar-refractivity contribution in [2.45, 2.75) is 13.0 Å². The molecule has 1 unspecified atom stereocenters. The highest BCUT2D eigenvalue weighted by atomic mass is 19.1. The molecule has 0 saturated heterocycles. The van der Waals surface area contributed by atoms with Crippen LogP contribution in [0.5, 0.6) is 0 Å². The number of pyridine rings is 1. The van der Waals surface area contributed by atoms with Crippen LogP contribution in [0, 0.1) is 11.6 Å². The lowest BCUT2D eigenvalue weighted by atomic mass is 10.1. The molecule has 0 aliphatic heterocycles. The Labute approximate surface area is 120 Å². The van der Waals surface area contributed by atoms with Gasteiger partial charge in [0.05, 0.1) is 6.04 Å². The zero-order valence-corrected chi connectivity index (χ0v) is 11.6. The molecular weight excluding hydrogens is 278 g/mol. The van der Waals surface area contributed by atoms with E-state index in [1.54, 1.807) is 6.92 Å². The van der Waals surface area contributed by atoms with Crippen LogP contribution in [0.2, 0.25) is 0 Å². The van der Waals surface area contributed by atoms with Gasteiger partial charge in [0.2, 0.25) is 0 Å². The minimum absolute atomic E-state index is 0.0522. The van der Waals surface area contributed by atoms with E-state index in [1.807, 2.05) is 0 Å². The lowest BCUT2D eigenvalue weighted by Gasteiger charge is -2.25.